The van der Waals surface area contributed by atoms with E-state index in [1.807, 2.05) is 13.8 Å². The Morgan fingerprint density at radius 2 is 1.88 bits per heavy atom. The average Bonchev–Trinajstić information content (AvgIpc) is 2.22. The molecule has 0 aliphatic heterocycles. The summed E-state index contributed by atoms with van der Waals surface area (Å²) < 4.78 is 21.8. The van der Waals surface area contributed by atoms with Crippen molar-refractivity contribution >= 4 is 15.7 Å². The minimum atomic E-state index is -2.91. The monoisotopic (exact) mass is 264 g/mol. The van der Waals surface area contributed by atoms with Crippen molar-refractivity contribution in [2.24, 2.45) is 0 Å². The van der Waals surface area contributed by atoms with Crippen LogP contribution in [-0.4, -0.2) is 45.0 Å². The summed E-state index contributed by atoms with van der Waals surface area (Å²) in [6.07, 6.45) is 2.64. The van der Waals surface area contributed by atoms with E-state index < -0.39 is 9.84 Å². The fraction of sp³-hybridized carbons (Fsp3) is 0.909. The quantitative estimate of drug-likeness (QED) is 0.619. The fourth-order valence-corrected chi connectivity index (χ4v) is 1.88. The van der Waals surface area contributed by atoms with E-state index in [1.54, 1.807) is 6.92 Å². The maximum absolute atomic E-state index is 11.6. The molecule has 0 aliphatic rings. The van der Waals surface area contributed by atoms with Gasteiger partial charge in [-0.3, -0.25) is 4.79 Å². The summed E-state index contributed by atoms with van der Waals surface area (Å²) in [7, 11) is -2.91. The highest BCUT2D eigenvalue weighted by Crippen LogP contribution is 1.92. The molecule has 6 heteroatoms. The molecule has 0 bridgehead atoms. The zero-order valence-corrected chi connectivity index (χ0v) is 11.9. The highest BCUT2D eigenvalue weighted by atomic mass is 32.2. The lowest BCUT2D eigenvalue weighted by atomic mass is 10.2. The Balaban J connectivity index is 3.79. The van der Waals surface area contributed by atoms with E-state index in [0.29, 0.717) is 13.0 Å². The third-order valence-corrected chi connectivity index (χ3v) is 3.57. The SMILES string of the molecule is CCC(C)NC(=O)C(C)NCCCS(C)(=O)=O. The van der Waals surface area contributed by atoms with Crippen LogP contribution in [0.1, 0.15) is 33.6 Å². The predicted molar refractivity (Wildman–Crippen MR) is 69.7 cm³/mol. The summed E-state index contributed by atoms with van der Waals surface area (Å²) in [5.41, 5.74) is 0. The van der Waals surface area contributed by atoms with Gasteiger partial charge in [-0.1, -0.05) is 6.92 Å². The van der Waals surface area contributed by atoms with Crippen molar-refractivity contribution in [1.29, 1.82) is 0 Å². The molecule has 0 fully saturated rings. The molecule has 0 rings (SSSR count). The van der Waals surface area contributed by atoms with Crippen LogP contribution in [0.25, 0.3) is 0 Å². The lowest BCUT2D eigenvalue weighted by Crippen LogP contribution is -2.45. The van der Waals surface area contributed by atoms with Crippen LogP contribution in [0.3, 0.4) is 0 Å². The Hall–Kier alpha value is -0.620. The maximum Gasteiger partial charge on any atom is 0.237 e. The highest BCUT2D eigenvalue weighted by Gasteiger charge is 2.13. The summed E-state index contributed by atoms with van der Waals surface area (Å²) in [5, 5.41) is 5.87. The van der Waals surface area contributed by atoms with Crippen LogP contribution in [-0.2, 0) is 14.6 Å². The molecule has 0 saturated heterocycles. The molecule has 1 amide bonds. The van der Waals surface area contributed by atoms with Gasteiger partial charge in [-0.15, -0.1) is 0 Å². The van der Waals surface area contributed by atoms with Crippen molar-refractivity contribution in [2.45, 2.75) is 45.7 Å². The molecule has 0 aromatic rings. The van der Waals surface area contributed by atoms with Gasteiger partial charge in [-0.05, 0) is 33.2 Å². The van der Waals surface area contributed by atoms with Crippen molar-refractivity contribution in [1.82, 2.24) is 10.6 Å². The molecule has 0 aliphatic carbocycles. The third-order valence-electron chi connectivity index (χ3n) is 2.54. The first-order valence-electron chi connectivity index (χ1n) is 5.97. The molecule has 102 valence electrons. The lowest BCUT2D eigenvalue weighted by molar-refractivity contribution is -0.123. The summed E-state index contributed by atoms with van der Waals surface area (Å²) in [6.45, 7) is 6.27. The molecule has 2 N–H and O–H groups in total. The first kappa shape index (κ1) is 16.4. The topological polar surface area (TPSA) is 75.3 Å². The van der Waals surface area contributed by atoms with E-state index in [-0.39, 0.29) is 23.7 Å². The standard InChI is InChI=1S/C11H24N2O3S/c1-5-9(2)13-11(14)10(3)12-7-6-8-17(4,15)16/h9-10,12H,5-8H2,1-4H3,(H,13,14). The zero-order valence-electron chi connectivity index (χ0n) is 11.1. The Morgan fingerprint density at radius 1 is 1.29 bits per heavy atom. The molecule has 2 atom stereocenters. The van der Waals surface area contributed by atoms with Crippen molar-refractivity contribution in [3.63, 3.8) is 0 Å². The normalized spacial score (nSPS) is 15.3. The zero-order chi connectivity index (χ0) is 13.5. The molecule has 2 unspecified atom stereocenters. The highest BCUT2D eigenvalue weighted by molar-refractivity contribution is 7.90. The second-order valence-electron chi connectivity index (χ2n) is 4.48. The number of nitrogens with one attached hydrogen (secondary N) is 2. The number of rotatable bonds is 8. The predicted octanol–water partition coefficient (Wildman–Crippen LogP) is 0.314. The average molecular weight is 264 g/mol. The van der Waals surface area contributed by atoms with Gasteiger partial charge in [-0.25, -0.2) is 8.42 Å². The largest absolute Gasteiger partial charge is 0.352 e. The van der Waals surface area contributed by atoms with Crippen LogP contribution in [0, 0.1) is 0 Å². The van der Waals surface area contributed by atoms with Crippen LogP contribution < -0.4 is 10.6 Å². The molecular weight excluding hydrogens is 240 g/mol. The molecule has 0 saturated carbocycles. The fourth-order valence-electron chi connectivity index (χ4n) is 1.22. The molecule has 17 heavy (non-hydrogen) atoms. The van der Waals surface area contributed by atoms with E-state index in [9.17, 15) is 13.2 Å². The maximum atomic E-state index is 11.6. The van der Waals surface area contributed by atoms with Crippen molar-refractivity contribution < 1.29 is 13.2 Å². The second-order valence-corrected chi connectivity index (χ2v) is 6.74. The first-order chi connectivity index (χ1) is 7.76. The molecular formula is C11H24N2O3S. The van der Waals surface area contributed by atoms with E-state index in [2.05, 4.69) is 10.6 Å². The van der Waals surface area contributed by atoms with Crippen molar-refractivity contribution in [3.05, 3.63) is 0 Å². The second kappa shape index (κ2) is 7.66. The summed E-state index contributed by atoms with van der Waals surface area (Å²) in [5.74, 6) is 0.110. The smallest absolute Gasteiger partial charge is 0.237 e. The van der Waals surface area contributed by atoms with Crippen LogP contribution in [0.2, 0.25) is 0 Å². The van der Waals surface area contributed by atoms with Crippen molar-refractivity contribution in [2.75, 3.05) is 18.6 Å². The Kier molecular flexibility index (Phi) is 7.38. The minimum absolute atomic E-state index is 0.0429. The molecule has 0 heterocycles. The number of carbonyl (C=O) groups excluding carboxylic acids is 1. The number of sulfone groups is 1. The van der Waals surface area contributed by atoms with Gasteiger partial charge in [0.2, 0.25) is 5.91 Å². The van der Waals surface area contributed by atoms with E-state index in [4.69, 9.17) is 0 Å². The van der Waals surface area contributed by atoms with Gasteiger partial charge < -0.3 is 10.6 Å². The van der Waals surface area contributed by atoms with Gasteiger partial charge in [0.1, 0.15) is 9.84 Å². The number of hydrogen-bond acceptors (Lipinski definition) is 4. The first-order valence-corrected chi connectivity index (χ1v) is 8.03. The number of amides is 1. The van der Waals surface area contributed by atoms with E-state index in [1.165, 1.54) is 6.26 Å². The molecule has 0 aromatic heterocycles. The van der Waals surface area contributed by atoms with E-state index >= 15 is 0 Å². The summed E-state index contributed by atoms with van der Waals surface area (Å²) in [6, 6.07) is -0.119. The van der Waals surface area contributed by atoms with Crippen LogP contribution in [0.15, 0.2) is 0 Å². The Bertz CT molecular complexity index is 328. The van der Waals surface area contributed by atoms with Gasteiger partial charge in [0.15, 0.2) is 0 Å². The van der Waals surface area contributed by atoms with Gasteiger partial charge >= 0.3 is 0 Å². The van der Waals surface area contributed by atoms with Gasteiger partial charge in [-0.2, -0.15) is 0 Å². The number of carbonyl (C=O) groups is 1. The van der Waals surface area contributed by atoms with E-state index in [0.717, 1.165) is 6.42 Å². The molecule has 0 radical (unpaired) electrons. The lowest BCUT2D eigenvalue weighted by Gasteiger charge is -2.17. The van der Waals surface area contributed by atoms with Crippen molar-refractivity contribution in [3.8, 4) is 0 Å². The van der Waals surface area contributed by atoms with Crippen LogP contribution in [0.5, 0.6) is 0 Å². The van der Waals surface area contributed by atoms with Gasteiger partial charge in [0.05, 0.1) is 11.8 Å². The van der Waals surface area contributed by atoms with Gasteiger partial charge in [0.25, 0.3) is 0 Å². The van der Waals surface area contributed by atoms with Crippen LogP contribution >= 0.6 is 0 Å². The summed E-state index contributed by atoms with van der Waals surface area (Å²) in [4.78, 5) is 11.6. The Morgan fingerprint density at radius 3 is 2.35 bits per heavy atom. The minimum Gasteiger partial charge on any atom is -0.352 e. The molecule has 5 nitrogen and oxygen atoms in total. The van der Waals surface area contributed by atoms with Gasteiger partial charge in [0, 0.05) is 12.3 Å². The molecule has 0 aromatic carbocycles. The number of hydrogen-bond donors (Lipinski definition) is 2. The third kappa shape index (κ3) is 9.12. The summed E-state index contributed by atoms with van der Waals surface area (Å²) >= 11 is 0. The van der Waals surface area contributed by atoms with Crippen LogP contribution in [0.4, 0.5) is 0 Å². The molecule has 0 spiro atoms. The Labute approximate surface area is 104 Å².